The van der Waals surface area contributed by atoms with Crippen LogP contribution in [-0.2, 0) is 28.8 Å². The molecule has 28 heavy (non-hydrogen) atoms. The van der Waals surface area contributed by atoms with E-state index in [9.17, 15) is 19.2 Å². The second-order valence-corrected chi connectivity index (χ2v) is 9.29. The molecule has 8 heteroatoms. The third kappa shape index (κ3) is 4.54. The minimum atomic E-state index is -0.719. The molecule has 5 unspecified atom stereocenters. The van der Waals surface area contributed by atoms with Crippen LogP contribution >= 0.6 is 0 Å². The SMILES string of the molecule is CC(COCC(C)(C)CC(=O)ON1C(=O)CCC1=O)C1C2CC(CC(=O)O)C21. The van der Waals surface area contributed by atoms with Crippen LogP contribution in [0.15, 0.2) is 0 Å². The van der Waals surface area contributed by atoms with Gasteiger partial charge in [-0.25, -0.2) is 4.79 Å². The van der Waals surface area contributed by atoms with Crippen molar-refractivity contribution in [1.29, 1.82) is 0 Å². The molecule has 3 fully saturated rings. The first-order valence-electron chi connectivity index (χ1n) is 9.95. The van der Waals surface area contributed by atoms with E-state index in [4.69, 9.17) is 14.7 Å². The van der Waals surface area contributed by atoms with E-state index in [0.717, 1.165) is 6.42 Å². The van der Waals surface area contributed by atoms with Crippen LogP contribution in [0.2, 0.25) is 0 Å². The first-order valence-corrected chi connectivity index (χ1v) is 9.95. The van der Waals surface area contributed by atoms with Gasteiger partial charge in [-0.2, -0.15) is 0 Å². The number of amides is 2. The van der Waals surface area contributed by atoms with Crippen molar-refractivity contribution in [3.8, 4) is 0 Å². The largest absolute Gasteiger partial charge is 0.481 e. The number of hydrogen-bond donors (Lipinski definition) is 1. The predicted octanol–water partition coefficient (Wildman–Crippen LogP) is 2.02. The van der Waals surface area contributed by atoms with Gasteiger partial charge in [0.25, 0.3) is 11.8 Å². The van der Waals surface area contributed by atoms with E-state index in [0.29, 0.717) is 47.9 Å². The van der Waals surface area contributed by atoms with Gasteiger partial charge in [0.05, 0.1) is 13.0 Å². The monoisotopic (exact) mass is 395 g/mol. The van der Waals surface area contributed by atoms with Crippen molar-refractivity contribution in [1.82, 2.24) is 5.06 Å². The highest BCUT2D eigenvalue weighted by Crippen LogP contribution is 2.68. The fraction of sp³-hybridized carbons (Fsp3) is 0.800. The van der Waals surface area contributed by atoms with Crippen LogP contribution in [0.1, 0.15) is 52.9 Å². The van der Waals surface area contributed by atoms with Gasteiger partial charge in [-0.1, -0.05) is 20.8 Å². The molecule has 0 aromatic heterocycles. The summed E-state index contributed by atoms with van der Waals surface area (Å²) in [7, 11) is 0. The Labute approximate surface area is 164 Å². The van der Waals surface area contributed by atoms with Crippen LogP contribution in [0.3, 0.4) is 0 Å². The summed E-state index contributed by atoms with van der Waals surface area (Å²) in [5.41, 5.74) is -0.489. The topological polar surface area (TPSA) is 110 Å². The molecular formula is C20H29NO7. The lowest BCUT2D eigenvalue weighted by Crippen LogP contribution is -2.34. The first-order chi connectivity index (χ1) is 13.1. The lowest BCUT2D eigenvalue weighted by molar-refractivity contribution is -0.199. The van der Waals surface area contributed by atoms with E-state index < -0.39 is 29.2 Å². The second kappa shape index (κ2) is 7.81. The summed E-state index contributed by atoms with van der Waals surface area (Å²) in [6.45, 7) is 6.80. The number of hydrogen-bond acceptors (Lipinski definition) is 6. The van der Waals surface area contributed by atoms with Gasteiger partial charge in [0, 0.05) is 25.9 Å². The molecule has 3 aliphatic rings. The van der Waals surface area contributed by atoms with Crippen molar-refractivity contribution in [2.45, 2.75) is 52.9 Å². The maximum atomic E-state index is 12.1. The quantitative estimate of drug-likeness (QED) is 0.563. The van der Waals surface area contributed by atoms with Crippen LogP contribution in [0, 0.1) is 35.0 Å². The molecule has 2 aliphatic carbocycles. The maximum absolute atomic E-state index is 12.1. The molecule has 0 aromatic carbocycles. The molecule has 8 nitrogen and oxygen atoms in total. The second-order valence-electron chi connectivity index (χ2n) is 9.29. The number of imide groups is 1. The Bertz CT molecular complexity index is 657. The molecule has 0 bridgehead atoms. The molecule has 3 rings (SSSR count). The van der Waals surface area contributed by atoms with Crippen molar-refractivity contribution in [2.75, 3.05) is 13.2 Å². The summed E-state index contributed by atoms with van der Waals surface area (Å²) in [6, 6.07) is 0. The lowest BCUT2D eigenvalue weighted by Gasteiger charge is -2.25. The Morgan fingerprint density at radius 1 is 1.25 bits per heavy atom. The lowest BCUT2D eigenvalue weighted by atomic mass is 9.83. The van der Waals surface area contributed by atoms with Crippen LogP contribution in [0.4, 0.5) is 0 Å². The minimum Gasteiger partial charge on any atom is -0.481 e. The Balaban J connectivity index is 1.36. The number of carbonyl (C=O) groups excluding carboxylic acids is 3. The molecule has 5 atom stereocenters. The van der Waals surface area contributed by atoms with E-state index in [1.165, 1.54) is 0 Å². The highest BCUT2D eigenvalue weighted by molar-refractivity contribution is 6.01. The normalized spacial score (nSPS) is 29.9. The molecule has 156 valence electrons. The average molecular weight is 395 g/mol. The number of carbonyl (C=O) groups is 4. The summed E-state index contributed by atoms with van der Waals surface area (Å²) in [6.07, 6.45) is 1.47. The van der Waals surface area contributed by atoms with Crippen LogP contribution in [0.5, 0.6) is 0 Å². The summed E-state index contributed by atoms with van der Waals surface area (Å²) in [4.78, 5) is 50.9. The summed E-state index contributed by atoms with van der Waals surface area (Å²) in [5, 5.41) is 9.50. The van der Waals surface area contributed by atoms with Gasteiger partial charge in [0.15, 0.2) is 0 Å². The van der Waals surface area contributed by atoms with Gasteiger partial charge in [-0.05, 0) is 41.4 Å². The molecule has 1 saturated heterocycles. The zero-order valence-corrected chi connectivity index (χ0v) is 16.7. The molecule has 0 radical (unpaired) electrons. The van der Waals surface area contributed by atoms with Crippen molar-refractivity contribution in [3.05, 3.63) is 0 Å². The van der Waals surface area contributed by atoms with Crippen molar-refractivity contribution < 1.29 is 33.9 Å². The highest BCUT2D eigenvalue weighted by atomic mass is 16.7. The Kier molecular flexibility index (Phi) is 5.79. The highest BCUT2D eigenvalue weighted by Gasteiger charge is 2.64. The zero-order chi connectivity index (χ0) is 20.6. The predicted molar refractivity (Wildman–Crippen MR) is 96.4 cm³/mol. The molecule has 2 saturated carbocycles. The van der Waals surface area contributed by atoms with Crippen LogP contribution in [0.25, 0.3) is 0 Å². The third-order valence-corrected chi connectivity index (χ3v) is 6.20. The maximum Gasteiger partial charge on any atom is 0.333 e. The molecule has 1 N–H and O–H groups in total. The molecule has 1 heterocycles. The summed E-state index contributed by atoms with van der Waals surface area (Å²) < 4.78 is 5.84. The third-order valence-electron chi connectivity index (χ3n) is 6.20. The fourth-order valence-corrected chi connectivity index (χ4v) is 4.83. The molecule has 0 aromatic rings. The Morgan fingerprint density at radius 2 is 1.89 bits per heavy atom. The average Bonchev–Trinajstić information content (AvgIpc) is 3.07. The van der Waals surface area contributed by atoms with Gasteiger partial charge < -0.3 is 14.7 Å². The fourth-order valence-electron chi connectivity index (χ4n) is 4.83. The molecular weight excluding hydrogens is 366 g/mol. The van der Waals surface area contributed by atoms with Crippen molar-refractivity contribution in [2.24, 2.45) is 35.0 Å². The van der Waals surface area contributed by atoms with Gasteiger partial charge in [-0.3, -0.25) is 14.4 Å². The Morgan fingerprint density at radius 3 is 2.50 bits per heavy atom. The number of hydroxylamine groups is 2. The number of aliphatic carboxylic acids is 1. The smallest absolute Gasteiger partial charge is 0.333 e. The van der Waals surface area contributed by atoms with Crippen LogP contribution in [-0.4, -0.2) is 47.1 Å². The minimum absolute atomic E-state index is 0.0355. The molecule has 2 amide bonds. The van der Waals surface area contributed by atoms with E-state index >= 15 is 0 Å². The molecule has 0 spiro atoms. The van der Waals surface area contributed by atoms with Crippen LogP contribution < -0.4 is 0 Å². The van der Waals surface area contributed by atoms with Gasteiger partial charge in [0.1, 0.15) is 0 Å². The van der Waals surface area contributed by atoms with E-state index in [2.05, 4.69) is 6.92 Å². The number of nitrogens with zero attached hydrogens (tertiary/aromatic N) is 1. The van der Waals surface area contributed by atoms with E-state index in [1.54, 1.807) is 0 Å². The van der Waals surface area contributed by atoms with Gasteiger partial charge >= 0.3 is 11.9 Å². The van der Waals surface area contributed by atoms with Crippen molar-refractivity contribution >= 4 is 23.8 Å². The first kappa shape index (κ1) is 20.8. The van der Waals surface area contributed by atoms with E-state index in [-0.39, 0.29) is 25.7 Å². The van der Waals surface area contributed by atoms with Gasteiger partial charge in [-0.15, -0.1) is 5.06 Å². The number of fused-ring (bicyclic) bond motifs is 1. The number of carboxylic acid groups (broad SMARTS) is 1. The van der Waals surface area contributed by atoms with E-state index in [1.807, 2.05) is 13.8 Å². The zero-order valence-electron chi connectivity index (χ0n) is 16.7. The molecule has 1 aliphatic heterocycles. The Hall–Kier alpha value is -1.96. The number of rotatable bonds is 10. The summed E-state index contributed by atoms with van der Waals surface area (Å²) >= 11 is 0. The standard InChI is InChI=1S/C20H29NO7/c1-11(18-13-6-12(19(13)18)7-16(24)25)9-27-10-20(2,3)8-17(26)28-21-14(22)4-5-15(21)23/h11-13,18-19H,4-10H2,1-3H3,(H,24,25). The number of carboxylic acids is 1. The summed E-state index contributed by atoms with van der Waals surface area (Å²) in [5.74, 6) is 0.0989. The number of ether oxygens (including phenoxy) is 1. The van der Waals surface area contributed by atoms with Gasteiger partial charge in [0.2, 0.25) is 0 Å². The van der Waals surface area contributed by atoms with Crippen molar-refractivity contribution in [3.63, 3.8) is 0 Å².